The summed E-state index contributed by atoms with van der Waals surface area (Å²) in [5, 5.41) is 13.7. The van der Waals surface area contributed by atoms with Gasteiger partial charge in [-0.25, -0.2) is 4.79 Å². The van der Waals surface area contributed by atoms with Crippen molar-refractivity contribution >= 4 is 17.9 Å². The standard InChI is InChI=1S/C12H20N2O5/c1-11(2,9(16)17)6-8(15)13-10(18)14-12(3)4-5-19-7-12/h4-7H2,1-3H3,(H,16,17)(H2,13,14,15,18). The lowest BCUT2D eigenvalue weighted by Crippen LogP contribution is -2.52. The van der Waals surface area contributed by atoms with Gasteiger partial charge in [-0.15, -0.1) is 0 Å². The maximum atomic E-state index is 11.6. The second kappa shape index (κ2) is 5.56. The number of nitrogens with one attached hydrogen (secondary N) is 2. The highest BCUT2D eigenvalue weighted by atomic mass is 16.5. The van der Waals surface area contributed by atoms with Gasteiger partial charge < -0.3 is 15.2 Å². The molecule has 108 valence electrons. The number of hydrogen-bond acceptors (Lipinski definition) is 4. The minimum absolute atomic E-state index is 0.261. The van der Waals surface area contributed by atoms with Crippen LogP contribution in [0.2, 0.25) is 0 Å². The van der Waals surface area contributed by atoms with E-state index in [1.54, 1.807) is 0 Å². The molecule has 1 atom stereocenters. The Bertz CT molecular complexity index is 386. The van der Waals surface area contributed by atoms with Crippen LogP contribution >= 0.6 is 0 Å². The molecule has 0 aromatic rings. The molecule has 0 aromatic heterocycles. The minimum Gasteiger partial charge on any atom is -0.481 e. The summed E-state index contributed by atoms with van der Waals surface area (Å²) >= 11 is 0. The molecular weight excluding hydrogens is 252 g/mol. The molecule has 3 N–H and O–H groups in total. The molecule has 7 nitrogen and oxygen atoms in total. The molecule has 0 saturated carbocycles. The van der Waals surface area contributed by atoms with Crippen LogP contribution in [0.1, 0.15) is 33.6 Å². The monoisotopic (exact) mass is 272 g/mol. The van der Waals surface area contributed by atoms with Crippen molar-refractivity contribution in [3.8, 4) is 0 Å². The molecule has 19 heavy (non-hydrogen) atoms. The van der Waals surface area contributed by atoms with E-state index in [1.165, 1.54) is 13.8 Å². The molecule has 0 radical (unpaired) electrons. The Labute approximate surface area is 111 Å². The molecule has 1 aliphatic rings. The van der Waals surface area contributed by atoms with Crippen molar-refractivity contribution in [1.29, 1.82) is 0 Å². The van der Waals surface area contributed by atoms with Crippen LogP contribution in [0.25, 0.3) is 0 Å². The van der Waals surface area contributed by atoms with Crippen LogP contribution in [0.5, 0.6) is 0 Å². The SMILES string of the molecule is CC1(NC(=O)NC(=O)CC(C)(C)C(=O)O)CCOC1. The lowest BCUT2D eigenvalue weighted by atomic mass is 9.89. The molecule has 0 aromatic carbocycles. The van der Waals surface area contributed by atoms with Crippen molar-refractivity contribution in [3.05, 3.63) is 0 Å². The predicted molar refractivity (Wildman–Crippen MR) is 66.5 cm³/mol. The highest BCUT2D eigenvalue weighted by Crippen LogP contribution is 2.20. The Kier molecular flexibility index (Phi) is 4.52. The van der Waals surface area contributed by atoms with Crippen molar-refractivity contribution in [3.63, 3.8) is 0 Å². The highest BCUT2D eigenvalue weighted by Gasteiger charge is 2.33. The molecule has 0 spiro atoms. The Morgan fingerprint density at radius 3 is 2.47 bits per heavy atom. The van der Waals surface area contributed by atoms with E-state index in [9.17, 15) is 14.4 Å². The van der Waals surface area contributed by atoms with Crippen LogP contribution in [-0.2, 0) is 14.3 Å². The molecule has 1 saturated heterocycles. The van der Waals surface area contributed by atoms with E-state index in [0.717, 1.165) is 0 Å². The normalized spacial score (nSPS) is 22.9. The topological polar surface area (TPSA) is 105 Å². The van der Waals surface area contributed by atoms with E-state index < -0.39 is 28.9 Å². The third-order valence-electron chi connectivity index (χ3n) is 3.07. The quantitative estimate of drug-likeness (QED) is 0.691. The predicted octanol–water partition coefficient (Wildman–Crippen LogP) is 0.492. The van der Waals surface area contributed by atoms with Gasteiger partial charge >= 0.3 is 12.0 Å². The van der Waals surface area contributed by atoms with Crippen molar-refractivity contribution in [2.75, 3.05) is 13.2 Å². The van der Waals surface area contributed by atoms with Crippen molar-refractivity contribution in [2.24, 2.45) is 5.41 Å². The van der Waals surface area contributed by atoms with Crippen LogP contribution in [-0.4, -0.2) is 41.8 Å². The fourth-order valence-electron chi connectivity index (χ4n) is 1.72. The molecule has 7 heteroatoms. The number of imide groups is 1. The molecule has 1 unspecified atom stereocenters. The zero-order valence-corrected chi connectivity index (χ0v) is 11.4. The number of carboxylic acids is 1. The van der Waals surface area contributed by atoms with Crippen molar-refractivity contribution in [1.82, 2.24) is 10.6 Å². The largest absolute Gasteiger partial charge is 0.481 e. The summed E-state index contributed by atoms with van der Waals surface area (Å²) in [6, 6.07) is -0.626. The number of carbonyl (C=O) groups is 3. The Hall–Kier alpha value is -1.63. The number of ether oxygens (including phenoxy) is 1. The van der Waals surface area contributed by atoms with Gasteiger partial charge in [-0.1, -0.05) is 0 Å². The van der Waals surface area contributed by atoms with E-state index in [1.807, 2.05) is 6.92 Å². The first-order valence-electron chi connectivity index (χ1n) is 6.08. The van der Waals surface area contributed by atoms with Gasteiger partial charge in [0.2, 0.25) is 5.91 Å². The first kappa shape index (κ1) is 15.4. The molecule has 0 aliphatic carbocycles. The summed E-state index contributed by atoms with van der Waals surface area (Å²) in [5.74, 6) is -1.70. The highest BCUT2D eigenvalue weighted by molar-refractivity contribution is 5.96. The lowest BCUT2D eigenvalue weighted by molar-refractivity contribution is -0.149. The van der Waals surface area contributed by atoms with E-state index in [4.69, 9.17) is 9.84 Å². The average molecular weight is 272 g/mol. The maximum Gasteiger partial charge on any atom is 0.321 e. The molecule has 1 heterocycles. The third-order valence-corrected chi connectivity index (χ3v) is 3.07. The number of hydrogen-bond donors (Lipinski definition) is 3. The van der Waals surface area contributed by atoms with Gasteiger partial charge in [-0.2, -0.15) is 0 Å². The molecule has 0 bridgehead atoms. The van der Waals surface area contributed by atoms with Crippen molar-refractivity contribution in [2.45, 2.75) is 39.2 Å². The molecule has 1 fully saturated rings. The number of amides is 3. The number of carbonyl (C=O) groups excluding carboxylic acids is 2. The molecule has 1 aliphatic heterocycles. The number of rotatable bonds is 4. The first-order chi connectivity index (χ1) is 8.65. The Morgan fingerprint density at radius 1 is 1.37 bits per heavy atom. The second-order valence-electron chi connectivity index (χ2n) is 5.73. The fraction of sp³-hybridized carbons (Fsp3) is 0.750. The summed E-state index contributed by atoms with van der Waals surface area (Å²) in [6.07, 6.45) is 0.415. The summed E-state index contributed by atoms with van der Waals surface area (Å²) < 4.78 is 5.17. The Balaban J connectivity index is 2.44. The van der Waals surface area contributed by atoms with Gasteiger partial charge in [0.1, 0.15) is 0 Å². The lowest BCUT2D eigenvalue weighted by Gasteiger charge is -2.24. The van der Waals surface area contributed by atoms with Crippen molar-refractivity contribution < 1.29 is 24.2 Å². The van der Waals surface area contributed by atoms with E-state index in [0.29, 0.717) is 19.6 Å². The molecule has 1 rings (SSSR count). The summed E-state index contributed by atoms with van der Waals surface area (Å²) in [4.78, 5) is 34.1. The molecular formula is C12H20N2O5. The zero-order valence-electron chi connectivity index (χ0n) is 11.4. The van der Waals surface area contributed by atoms with Gasteiger partial charge in [0.15, 0.2) is 0 Å². The Morgan fingerprint density at radius 2 is 2.00 bits per heavy atom. The summed E-state index contributed by atoms with van der Waals surface area (Å²) in [6.45, 7) is 5.65. The van der Waals surface area contributed by atoms with E-state index in [2.05, 4.69) is 10.6 Å². The smallest absolute Gasteiger partial charge is 0.321 e. The number of aliphatic carboxylic acids is 1. The average Bonchev–Trinajstić information content (AvgIpc) is 2.62. The van der Waals surface area contributed by atoms with Gasteiger partial charge in [-0.3, -0.25) is 14.9 Å². The zero-order chi connectivity index (χ0) is 14.7. The van der Waals surface area contributed by atoms with Gasteiger partial charge in [-0.05, 0) is 27.2 Å². The van der Waals surface area contributed by atoms with Crippen LogP contribution in [0.15, 0.2) is 0 Å². The fourth-order valence-corrected chi connectivity index (χ4v) is 1.72. The van der Waals surface area contributed by atoms with Crippen LogP contribution < -0.4 is 10.6 Å². The van der Waals surface area contributed by atoms with Crippen LogP contribution in [0.3, 0.4) is 0 Å². The third kappa shape index (κ3) is 4.51. The van der Waals surface area contributed by atoms with Gasteiger partial charge in [0.25, 0.3) is 0 Å². The number of urea groups is 1. The van der Waals surface area contributed by atoms with Crippen LogP contribution in [0.4, 0.5) is 4.79 Å². The maximum absolute atomic E-state index is 11.6. The van der Waals surface area contributed by atoms with E-state index in [-0.39, 0.29) is 6.42 Å². The van der Waals surface area contributed by atoms with Gasteiger partial charge in [0.05, 0.1) is 17.6 Å². The van der Waals surface area contributed by atoms with E-state index >= 15 is 0 Å². The summed E-state index contributed by atoms with van der Waals surface area (Å²) in [5.41, 5.74) is -1.68. The van der Waals surface area contributed by atoms with Gasteiger partial charge in [0, 0.05) is 13.0 Å². The molecule has 3 amide bonds. The first-order valence-corrected chi connectivity index (χ1v) is 6.08. The number of carboxylic acid groups (broad SMARTS) is 1. The summed E-state index contributed by atoms with van der Waals surface area (Å²) in [7, 11) is 0. The van der Waals surface area contributed by atoms with Crippen LogP contribution in [0, 0.1) is 5.41 Å². The minimum atomic E-state index is -1.20. The second-order valence-corrected chi connectivity index (χ2v) is 5.73.